The van der Waals surface area contributed by atoms with E-state index in [-0.39, 0.29) is 6.61 Å². The molecule has 0 aromatic carbocycles. The van der Waals surface area contributed by atoms with Gasteiger partial charge in [0.25, 0.3) is 0 Å². The Bertz CT molecular complexity index is 1310. The lowest BCUT2D eigenvalue weighted by molar-refractivity contribution is -0.302. The summed E-state index contributed by atoms with van der Waals surface area (Å²) in [4.78, 5) is 13.1. The van der Waals surface area contributed by atoms with Gasteiger partial charge in [-0.2, -0.15) is 0 Å². The fraction of sp³-hybridized carbons (Fsp3) is 0.857. The highest BCUT2D eigenvalue weighted by atomic mass is 16.7. The molecule has 8 unspecified atom stereocenters. The molecule has 1 rings (SSSR count). The van der Waals surface area contributed by atoms with Gasteiger partial charge in [-0.15, -0.1) is 0 Å². The van der Waals surface area contributed by atoms with Gasteiger partial charge in [0.1, 0.15) is 30.5 Å². The molecule has 0 aliphatic carbocycles. The predicted molar refractivity (Wildman–Crippen MR) is 305 cm³/mol. The van der Waals surface area contributed by atoms with Crippen molar-refractivity contribution in [2.75, 3.05) is 13.2 Å². The Kier molecular flexibility index (Phi) is 49.4. The lowest BCUT2D eigenvalue weighted by Crippen LogP contribution is -2.60. The Balaban J connectivity index is 2.18. The maximum Gasteiger partial charge on any atom is 0.249 e. The Morgan fingerprint density at radius 1 is 0.466 bits per heavy atom. The molecule has 1 amide bonds. The Labute approximate surface area is 448 Å². The molecule has 10 nitrogen and oxygen atoms in total. The molecule has 0 saturated carbocycles. The number of unbranched alkanes of at least 4 members (excludes halogenated alkanes) is 36. The number of hydrogen-bond donors (Lipinski definition) is 7. The van der Waals surface area contributed by atoms with Crippen molar-refractivity contribution in [3.8, 4) is 0 Å². The van der Waals surface area contributed by atoms with Crippen molar-refractivity contribution in [3.05, 3.63) is 48.6 Å². The standard InChI is InChI=1S/C63H117NO9/c1-3-5-7-9-11-13-15-17-19-21-22-23-24-25-26-27-28-29-30-31-32-33-34-35-36-38-40-42-44-46-48-50-52-57(67)62(71)64-55(54-72-63-61(70)60(69)59(68)58(53-65)73-63)56(66)51-49-47-45-43-41-39-37-20-18-16-14-12-10-8-6-4-2/h18,20,25-26,41,43,49,51,55-61,63,65-70H,3-17,19,21-24,27-40,42,44-48,50,52-54H2,1-2H3,(H,64,71)/b20-18+,26-25-,43-41+,51-49+. The van der Waals surface area contributed by atoms with Crippen molar-refractivity contribution < 1.29 is 44.9 Å². The van der Waals surface area contributed by atoms with Gasteiger partial charge in [0.2, 0.25) is 5.91 Å². The lowest BCUT2D eigenvalue weighted by Gasteiger charge is -2.40. The van der Waals surface area contributed by atoms with Crippen molar-refractivity contribution in [1.82, 2.24) is 5.32 Å². The highest BCUT2D eigenvalue weighted by molar-refractivity contribution is 5.80. The number of carbonyl (C=O) groups excluding carboxylic acids is 1. The Morgan fingerprint density at radius 2 is 0.808 bits per heavy atom. The van der Waals surface area contributed by atoms with Crippen LogP contribution in [0.3, 0.4) is 0 Å². The monoisotopic (exact) mass is 1030 g/mol. The lowest BCUT2D eigenvalue weighted by atomic mass is 9.99. The first-order valence-electron chi connectivity index (χ1n) is 31.0. The van der Waals surface area contributed by atoms with Crippen LogP contribution < -0.4 is 5.32 Å². The number of carbonyl (C=O) groups is 1. The minimum Gasteiger partial charge on any atom is -0.394 e. The van der Waals surface area contributed by atoms with Crippen LogP contribution in [0.15, 0.2) is 48.6 Å². The van der Waals surface area contributed by atoms with E-state index in [9.17, 15) is 35.4 Å². The SMILES string of the molecule is CCCCCCCC/C=C/CC/C=C/CC/C=C/C(O)C(COC1OC(CO)C(O)C(O)C1O)NC(=O)C(O)CCCCCCCCCCCCCCCCCC/C=C\CCCCCCCCCCCCCC. The molecule has 0 spiro atoms. The van der Waals surface area contributed by atoms with Gasteiger partial charge in [-0.25, -0.2) is 0 Å². The fourth-order valence-electron chi connectivity index (χ4n) is 9.72. The number of hydrogen-bond acceptors (Lipinski definition) is 9. The molecule has 8 atom stereocenters. The number of aliphatic hydroxyl groups excluding tert-OH is 6. The van der Waals surface area contributed by atoms with Gasteiger partial charge in [0.15, 0.2) is 6.29 Å². The number of allylic oxidation sites excluding steroid dienone is 7. The van der Waals surface area contributed by atoms with E-state index in [0.29, 0.717) is 19.3 Å². The summed E-state index contributed by atoms with van der Waals surface area (Å²) in [7, 11) is 0. The molecule has 0 bridgehead atoms. The second-order valence-corrected chi connectivity index (χ2v) is 21.6. The van der Waals surface area contributed by atoms with E-state index in [4.69, 9.17) is 9.47 Å². The molecule has 1 aliphatic rings. The number of ether oxygens (including phenoxy) is 2. The zero-order chi connectivity index (χ0) is 53.1. The van der Waals surface area contributed by atoms with Crippen LogP contribution in [0, 0.1) is 0 Å². The third-order valence-corrected chi connectivity index (χ3v) is 14.7. The third kappa shape index (κ3) is 41.0. The van der Waals surface area contributed by atoms with Crippen LogP contribution in [0.2, 0.25) is 0 Å². The van der Waals surface area contributed by atoms with Crippen molar-refractivity contribution in [2.24, 2.45) is 0 Å². The average molecular weight is 1030 g/mol. The minimum atomic E-state index is -1.62. The Morgan fingerprint density at radius 3 is 1.19 bits per heavy atom. The fourth-order valence-corrected chi connectivity index (χ4v) is 9.72. The highest BCUT2D eigenvalue weighted by Gasteiger charge is 2.44. The average Bonchev–Trinajstić information content (AvgIpc) is 3.39. The van der Waals surface area contributed by atoms with E-state index < -0.39 is 61.5 Å². The summed E-state index contributed by atoms with van der Waals surface area (Å²) < 4.78 is 11.2. The zero-order valence-corrected chi connectivity index (χ0v) is 47.3. The first kappa shape index (κ1) is 69.1. The van der Waals surface area contributed by atoms with Crippen molar-refractivity contribution in [2.45, 2.75) is 332 Å². The topological polar surface area (TPSA) is 169 Å². The van der Waals surface area contributed by atoms with Crippen LogP contribution in [-0.4, -0.2) is 98.7 Å². The van der Waals surface area contributed by atoms with Crippen LogP contribution in [-0.2, 0) is 14.3 Å². The van der Waals surface area contributed by atoms with Crippen molar-refractivity contribution in [1.29, 1.82) is 0 Å². The maximum atomic E-state index is 13.1. The van der Waals surface area contributed by atoms with E-state index in [1.165, 1.54) is 205 Å². The third-order valence-electron chi connectivity index (χ3n) is 14.7. The summed E-state index contributed by atoms with van der Waals surface area (Å²) in [6.07, 6.45) is 59.5. The quantitative estimate of drug-likeness (QED) is 0.0232. The number of rotatable bonds is 53. The van der Waals surface area contributed by atoms with E-state index in [0.717, 1.165) is 44.9 Å². The van der Waals surface area contributed by atoms with Crippen LogP contribution >= 0.6 is 0 Å². The number of aliphatic hydroxyl groups is 6. The van der Waals surface area contributed by atoms with Gasteiger partial charge in [0, 0.05) is 0 Å². The minimum absolute atomic E-state index is 0.302. The molecule has 0 aromatic heterocycles. The molecule has 10 heteroatoms. The second kappa shape index (κ2) is 52.2. The largest absolute Gasteiger partial charge is 0.394 e. The molecule has 1 saturated heterocycles. The highest BCUT2D eigenvalue weighted by Crippen LogP contribution is 2.23. The molecule has 1 heterocycles. The van der Waals surface area contributed by atoms with E-state index in [1.807, 2.05) is 6.08 Å². The smallest absolute Gasteiger partial charge is 0.249 e. The normalized spacial score (nSPS) is 19.8. The van der Waals surface area contributed by atoms with Gasteiger partial charge in [-0.3, -0.25) is 4.79 Å². The number of amides is 1. The van der Waals surface area contributed by atoms with Gasteiger partial charge in [-0.1, -0.05) is 262 Å². The van der Waals surface area contributed by atoms with Gasteiger partial charge >= 0.3 is 0 Å². The molecule has 0 radical (unpaired) electrons. The molecular weight excluding hydrogens is 915 g/mol. The summed E-state index contributed by atoms with van der Waals surface area (Å²) >= 11 is 0. The molecule has 1 fully saturated rings. The van der Waals surface area contributed by atoms with E-state index >= 15 is 0 Å². The molecule has 428 valence electrons. The molecule has 0 aromatic rings. The first-order valence-corrected chi connectivity index (χ1v) is 31.0. The predicted octanol–water partition coefficient (Wildman–Crippen LogP) is 14.7. The first-order chi connectivity index (χ1) is 35.8. The van der Waals surface area contributed by atoms with Crippen molar-refractivity contribution >= 4 is 5.91 Å². The van der Waals surface area contributed by atoms with Crippen molar-refractivity contribution in [3.63, 3.8) is 0 Å². The van der Waals surface area contributed by atoms with Crippen LogP contribution in [0.1, 0.15) is 284 Å². The summed E-state index contributed by atoms with van der Waals surface area (Å²) in [5, 5.41) is 65.0. The Hall–Kier alpha value is -1.89. The molecule has 7 N–H and O–H groups in total. The van der Waals surface area contributed by atoms with E-state index in [1.54, 1.807) is 6.08 Å². The molecule has 73 heavy (non-hydrogen) atoms. The summed E-state index contributed by atoms with van der Waals surface area (Å²) in [5.41, 5.74) is 0. The second-order valence-electron chi connectivity index (χ2n) is 21.6. The van der Waals surface area contributed by atoms with Gasteiger partial charge < -0.3 is 45.4 Å². The van der Waals surface area contributed by atoms with Gasteiger partial charge in [0.05, 0.1) is 25.4 Å². The van der Waals surface area contributed by atoms with Crippen LogP contribution in [0.5, 0.6) is 0 Å². The van der Waals surface area contributed by atoms with Gasteiger partial charge in [-0.05, 0) is 70.6 Å². The molecular formula is C63H117NO9. The summed E-state index contributed by atoms with van der Waals surface area (Å²) in [6, 6.07) is -1.00. The zero-order valence-electron chi connectivity index (χ0n) is 47.3. The maximum absolute atomic E-state index is 13.1. The van der Waals surface area contributed by atoms with Crippen LogP contribution in [0.4, 0.5) is 0 Å². The van der Waals surface area contributed by atoms with E-state index in [2.05, 4.69) is 55.6 Å². The molecule has 1 aliphatic heterocycles. The van der Waals surface area contributed by atoms with Crippen LogP contribution in [0.25, 0.3) is 0 Å². The number of nitrogens with one attached hydrogen (secondary N) is 1. The summed E-state index contributed by atoms with van der Waals surface area (Å²) in [5.74, 6) is -0.628. The summed E-state index contributed by atoms with van der Waals surface area (Å²) in [6.45, 7) is 3.61.